The lowest BCUT2D eigenvalue weighted by Crippen LogP contribution is -2.41. The molecule has 4 rings (SSSR count). The molecule has 3 aromatic rings. The number of carbonyl (C=O) groups excluding carboxylic acids is 1. The summed E-state index contributed by atoms with van der Waals surface area (Å²) in [5.41, 5.74) is 0. The van der Waals surface area contributed by atoms with E-state index in [9.17, 15) is 13.2 Å². The van der Waals surface area contributed by atoms with Crippen LogP contribution in [0.25, 0.3) is 10.8 Å². The van der Waals surface area contributed by atoms with Crippen LogP contribution >= 0.6 is 11.3 Å². The Bertz CT molecular complexity index is 1170. The molecule has 164 valence electrons. The van der Waals surface area contributed by atoms with E-state index < -0.39 is 10.0 Å². The largest absolute Gasteiger partial charge is 0.300 e. The van der Waals surface area contributed by atoms with E-state index in [-0.39, 0.29) is 11.8 Å². The third-order valence-electron chi connectivity index (χ3n) is 5.62. The number of anilines is 1. The minimum atomic E-state index is -3.59. The monoisotopic (exact) mass is 458 g/mol. The summed E-state index contributed by atoms with van der Waals surface area (Å²) in [4.78, 5) is 12.9. The van der Waals surface area contributed by atoms with Crippen LogP contribution in [-0.4, -0.2) is 41.9 Å². The highest BCUT2D eigenvalue weighted by atomic mass is 32.2. The molecule has 1 fully saturated rings. The summed E-state index contributed by atoms with van der Waals surface area (Å²) in [6, 6.07) is 12.9. The number of aromatic nitrogens is 2. The number of benzene rings is 2. The normalized spacial score (nSPS) is 15.9. The van der Waals surface area contributed by atoms with Gasteiger partial charge in [0.25, 0.3) is 0 Å². The Morgan fingerprint density at radius 1 is 1.13 bits per heavy atom. The van der Waals surface area contributed by atoms with E-state index in [1.807, 2.05) is 30.3 Å². The second-order valence-corrected chi connectivity index (χ2v) is 10.8. The van der Waals surface area contributed by atoms with Crippen LogP contribution in [0.15, 0.2) is 47.4 Å². The van der Waals surface area contributed by atoms with Crippen LogP contribution in [0.4, 0.5) is 5.13 Å². The molecule has 1 aliphatic rings. The van der Waals surface area contributed by atoms with E-state index >= 15 is 0 Å². The molecule has 9 heteroatoms. The zero-order valence-electron chi connectivity index (χ0n) is 17.5. The van der Waals surface area contributed by atoms with Gasteiger partial charge in [0, 0.05) is 25.4 Å². The number of hydrogen-bond acceptors (Lipinski definition) is 6. The molecule has 0 radical (unpaired) electrons. The van der Waals surface area contributed by atoms with Crippen LogP contribution in [0.1, 0.15) is 37.6 Å². The molecule has 0 unspecified atom stereocenters. The Morgan fingerprint density at radius 3 is 2.61 bits per heavy atom. The number of hydrogen-bond donors (Lipinski definition) is 1. The minimum Gasteiger partial charge on any atom is -0.300 e. The molecule has 0 aliphatic carbocycles. The third kappa shape index (κ3) is 4.94. The molecule has 0 spiro atoms. The first-order chi connectivity index (χ1) is 15.0. The van der Waals surface area contributed by atoms with Gasteiger partial charge in [-0.25, -0.2) is 8.42 Å². The first-order valence-corrected chi connectivity index (χ1v) is 12.8. The molecule has 1 N–H and O–H groups in total. The summed E-state index contributed by atoms with van der Waals surface area (Å²) < 4.78 is 27.7. The molecule has 7 nitrogen and oxygen atoms in total. The van der Waals surface area contributed by atoms with Crippen molar-refractivity contribution in [2.75, 3.05) is 18.4 Å². The van der Waals surface area contributed by atoms with Crippen molar-refractivity contribution in [3.63, 3.8) is 0 Å². The zero-order valence-corrected chi connectivity index (χ0v) is 19.1. The molecule has 1 saturated heterocycles. The molecule has 1 amide bonds. The fraction of sp³-hybridized carbons (Fsp3) is 0.409. The Balaban J connectivity index is 1.37. The van der Waals surface area contributed by atoms with Gasteiger partial charge in [-0.1, -0.05) is 55.0 Å². The minimum absolute atomic E-state index is 0.110. The Hall–Kier alpha value is -2.36. The zero-order chi connectivity index (χ0) is 21.8. The van der Waals surface area contributed by atoms with Crippen LogP contribution in [0.2, 0.25) is 0 Å². The number of unbranched alkanes of at least 4 members (excludes halogenated alkanes) is 1. The van der Waals surface area contributed by atoms with E-state index in [1.165, 1.54) is 15.6 Å². The van der Waals surface area contributed by atoms with E-state index in [0.29, 0.717) is 36.0 Å². The standard InChI is InChI=1S/C22H26N4O3S2/c1-2-3-8-20-24-25-22(30-20)23-21(27)17-11-13-26(14-12-17)31(28,29)19-10-9-16-6-4-5-7-18(16)15-19/h4-7,9-10,15,17H,2-3,8,11-14H2,1H3,(H,23,25,27). The SMILES string of the molecule is CCCCc1nnc(NC(=O)C2CCN(S(=O)(=O)c3ccc4ccccc4c3)CC2)s1. The van der Waals surface area contributed by atoms with Gasteiger partial charge in [0.2, 0.25) is 21.1 Å². The number of aryl methyl sites for hydroxylation is 1. The molecule has 0 bridgehead atoms. The number of piperidine rings is 1. The molecule has 1 aliphatic heterocycles. The smallest absolute Gasteiger partial charge is 0.243 e. The van der Waals surface area contributed by atoms with Crippen LogP contribution in [0.3, 0.4) is 0 Å². The number of rotatable bonds is 7. The highest BCUT2D eigenvalue weighted by molar-refractivity contribution is 7.89. The maximum Gasteiger partial charge on any atom is 0.243 e. The molecule has 1 aromatic heterocycles. The highest BCUT2D eigenvalue weighted by Crippen LogP contribution is 2.27. The quantitative estimate of drug-likeness (QED) is 0.576. The third-order valence-corrected chi connectivity index (χ3v) is 8.42. The lowest BCUT2D eigenvalue weighted by molar-refractivity contribution is -0.120. The predicted molar refractivity (Wildman–Crippen MR) is 123 cm³/mol. The van der Waals surface area contributed by atoms with Crippen molar-refractivity contribution < 1.29 is 13.2 Å². The Morgan fingerprint density at radius 2 is 1.87 bits per heavy atom. The summed E-state index contributed by atoms with van der Waals surface area (Å²) in [5.74, 6) is -0.341. The van der Waals surface area contributed by atoms with Crippen LogP contribution in [-0.2, 0) is 21.2 Å². The van der Waals surface area contributed by atoms with Gasteiger partial charge < -0.3 is 5.32 Å². The number of sulfonamides is 1. The van der Waals surface area contributed by atoms with Crippen LogP contribution in [0, 0.1) is 5.92 Å². The number of carbonyl (C=O) groups is 1. The second kappa shape index (κ2) is 9.42. The van der Waals surface area contributed by atoms with Gasteiger partial charge in [0.15, 0.2) is 0 Å². The van der Waals surface area contributed by atoms with Crippen molar-refractivity contribution >= 4 is 43.2 Å². The maximum absolute atomic E-state index is 13.1. The van der Waals surface area contributed by atoms with Crippen molar-refractivity contribution in [3.05, 3.63) is 47.5 Å². The van der Waals surface area contributed by atoms with Gasteiger partial charge >= 0.3 is 0 Å². The molecular formula is C22H26N4O3S2. The van der Waals surface area contributed by atoms with Crippen molar-refractivity contribution in [3.8, 4) is 0 Å². The maximum atomic E-state index is 13.1. The fourth-order valence-electron chi connectivity index (χ4n) is 3.78. The summed E-state index contributed by atoms with van der Waals surface area (Å²) in [7, 11) is -3.59. The van der Waals surface area contributed by atoms with Crippen molar-refractivity contribution in [1.29, 1.82) is 0 Å². The first-order valence-electron chi connectivity index (χ1n) is 10.6. The second-order valence-electron chi connectivity index (χ2n) is 7.78. The Labute approximate surface area is 186 Å². The van der Waals surface area contributed by atoms with Crippen molar-refractivity contribution in [1.82, 2.24) is 14.5 Å². The highest BCUT2D eigenvalue weighted by Gasteiger charge is 2.32. The van der Waals surface area contributed by atoms with Crippen molar-refractivity contribution in [2.24, 2.45) is 5.92 Å². The van der Waals surface area contributed by atoms with E-state index in [1.54, 1.807) is 12.1 Å². The molecule has 2 heterocycles. The van der Waals surface area contributed by atoms with Crippen molar-refractivity contribution in [2.45, 2.75) is 43.9 Å². The number of nitrogens with zero attached hydrogens (tertiary/aromatic N) is 3. The molecule has 0 atom stereocenters. The molecule has 0 saturated carbocycles. The van der Waals surface area contributed by atoms with Gasteiger partial charge in [-0.2, -0.15) is 4.31 Å². The fourth-order valence-corrected chi connectivity index (χ4v) is 6.07. The van der Waals surface area contributed by atoms with E-state index in [2.05, 4.69) is 22.4 Å². The summed E-state index contributed by atoms with van der Waals surface area (Å²) in [6.45, 7) is 2.77. The molecule has 31 heavy (non-hydrogen) atoms. The van der Waals surface area contributed by atoms with Gasteiger partial charge in [0.05, 0.1) is 4.90 Å². The topological polar surface area (TPSA) is 92.3 Å². The average Bonchev–Trinajstić information content (AvgIpc) is 3.24. The van der Waals surface area contributed by atoms with Gasteiger partial charge in [-0.3, -0.25) is 4.79 Å². The summed E-state index contributed by atoms with van der Waals surface area (Å²) in [6.07, 6.45) is 3.98. The van der Waals surface area contributed by atoms with Gasteiger partial charge in [0.1, 0.15) is 5.01 Å². The van der Waals surface area contributed by atoms with E-state index in [4.69, 9.17) is 0 Å². The lowest BCUT2D eigenvalue weighted by Gasteiger charge is -2.30. The molecule has 2 aromatic carbocycles. The van der Waals surface area contributed by atoms with Crippen LogP contribution in [0.5, 0.6) is 0 Å². The lowest BCUT2D eigenvalue weighted by atomic mass is 9.97. The Kier molecular flexibility index (Phi) is 6.64. The summed E-state index contributed by atoms with van der Waals surface area (Å²) in [5, 5.41) is 14.4. The average molecular weight is 459 g/mol. The molecular weight excluding hydrogens is 432 g/mol. The predicted octanol–water partition coefficient (Wildman–Crippen LogP) is 4.07. The number of amides is 1. The van der Waals surface area contributed by atoms with E-state index in [0.717, 1.165) is 35.0 Å². The summed E-state index contributed by atoms with van der Waals surface area (Å²) >= 11 is 1.41. The number of nitrogens with one attached hydrogen (secondary N) is 1. The van der Waals surface area contributed by atoms with Gasteiger partial charge in [-0.05, 0) is 42.2 Å². The number of fused-ring (bicyclic) bond motifs is 1. The first kappa shape index (κ1) is 21.9. The van der Waals surface area contributed by atoms with Gasteiger partial charge in [-0.15, -0.1) is 10.2 Å². The van der Waals surface area contributed by atoms with Crippen LogP contribution < -0.4 is 5.32 Å².